The minimum atomic E-state index is 0.732. The molecule has 0 saturated carbocycles. The summed E-state index contributed by atoms with van der Waals surface area (Å²) in [4.78, 5) is 11.7. The van der Waals surface area contributed by atoms with Crippen molar-refractivity contribution in [3.63, 3.8) is 0 Å². The van der Waals surface area contributed by atoms with Crippen LogP contribution in [-0.2, 0) is 6.42 Å². The smallest absolute Gasteiger partial charge is 0.113 e. The third-order valence-corrected chi connectivity index (χ3v) is 6.14. The zero-order valence-electron chi connectivity index (χ0n) is 18.0. The molecule has 3 aromatic rings. The highest BCUT2D eigenvalue weighted by Gasteiger charge is 2.14. The van der Waals surface area contributed by atoms with Crippen LogP contribution in [0.3, 0.4) is 0 Å². The first-order chi connectivity index (χ1) is 15.2. The summed E-state index contributed by atoms with van der Waals surface area (Å²) < 4.78 is 0. The lowest BCUT2D eigenvalue weighted by Crippen LogP contribution is -2.33. The molecule has 3 nitrogen and oxygen atoms in total. The van der Waals surface area contributed by atoms with Crippen LogP contribution in [0.4, 0.5) is 0 Å². The molecule has 1 aromatic carbocycles. The van der Waals surface area contributed by atoms with Crippen LogP contribution in [0, 0.1) is 17.8 Å². The Morgan fingerprint density at radius 2 is 1.68 bits per heavy atom. The molecule has 0 N–H and O–H groups in total. The molecule has 158 valence electrons. The van der Waals surface area contributed by atoms with Crippen LogP contribution in [-0.4, -0.2) is 34.5 Å². The van der Waals surface area contributed by atoms with Gasteiger partial charge in [0.25, 0.3) is 0 Å². The lowest BCUT2D eigenvalue weighted by Gasteiger charge is -2.30. The van der Waals surface area contributed by atoms with Gasteiger partial charge in [0.2, 0.25) is 0 Å². The Balaban J connectivity index is 1.28. The Morgan fingerprint density at radius 1 is 0.903 bits per heavy atom. The number of nitrogens with zero attached hydrogens (tertiary/aromatic N) is 3. The molecule has 0 bridgehead atoms. The molecule has 4 heteroatoms. The molecule has 3 heterocycles. The van der Waals surface area contributed by atoms with Gasteiger partial charge in [0, 0.05) is 34.2 Å². The van der Waals surface area contributed by atoms with Gasteiger partial charge in [-0.25, -0.2) is 4.98 Å². The van der Waals surface area contributed by atoms with E-state index >= 15 is 0 Å². The van der Waals surface area contributed by atoms with E-state index in [0.29, 0.717) is 0 Å². The fourth-order valence-electron chi connectivity index (χ4n) is 3.83. The fraction of sp³-hybridized carbons (Fsp3) is 0.333. The summed E-state index contributed by atoms with van der Waals surface area (Å²) in [5, 5.41) is 0.732. The zero-order valence-corrected chi connectivity index (χ0v) is 18.8. The largest absolute Gasteiger partial charge is 0.303 e. The molecular formula is C27H28ClN3. The van der Waals surface area contributed by atoms with Crippen LogP contribution < -0.4 is 0 Å². The fourth-order valence-corrected chi connectivity index (χ4v) is 3.96. The van der Waals surface area contributed by atoms with Gasteiger partial charge in [-0.2, -0.15) is 0 Å². The first kappa shape index (κ1) is 21.6. The quantitative estimate of drug-likeness (QED) is 0.475. The molecule has 4 rings (SSSR count). The Labute approximate surface area is 190 Å². The van der Waals surface area contributed by atoms with Gasteiger partial charge in [-0.15, -0.1) is 0 Å². The van der Waals surface area contributed by atoms with Crippen LogP contribution in [0.2, 0.25) is 5.02 Å². The Bertz CT molecular complexity index is 1020. The maximum Gasteiger partial charge on any atom is 0.113 e. The van der Waals surface area contributed by atoms with Gasteiger partial charge in [-0.05, 0) is 93.1 Å². The van der Waals surface area contributed by atoms with Crippen molar-refractivity contribution in [1.82, 2.24) is 14.9 Å². The normalized spacial score (nSPS) is 14.8. The van der Waals surface area contributed by atoms with Gasteiger partial charge >= 0.3 is 0 Å². The molecule has 1 fully saturated rings. The summed E-state index contributed by atoms with van der Waals surface area (Å²) in [7, 11) is 0. The molecule has 31 heavy (non-hydrogen) atoms. The zero-order chi connectivity index (χ0) is 21.5. The molecule has 0 radical (unpaired) electrons. The summed E-state index contributed by atoms with van der Waals surface area (Å²) in [6.07, 6.45) is 8.57. The number of benzene rings is 1. The Morgan fingerprint density at radius 3 is 2.35 bits per heavy atom. The van der Waals surface area contributed by atoms with E-state index in [2.05, 4.69) is 45.8 Å². The van der Waals surface area contributed by atoms with Crippen LogP contribution in [0.1, 0.15) is 43.1 Å². The molecule has 0 unspecified atom stereocenters. The van der Waals surface area contributed by atoms with E-state index in [-0.39, 0.29) is 0 Å². The molecule has 0 aliphatic carbocycles. The predicted octanol–water partition coefficient (Wildman–Crippen LogP) is 5.86. The number of aryl methyl sites for hydroxylation is 1. The van der Waals surface area contributed by atoms with Gasteiger partial charge in [0.1, 0.15) is 5.69 Å². The molecule has 0 spiro atoms. The summed E-state index contributed by atoms with van der Waals surface area (Å²) in [5.74, 6) is 7.19. The summed E-state index contributed by atoms with van der Waals surface area (Å²) in [5.41, 5.74) is 4.94. The van der Waals surface area contributed by atoms with E-state index in [9.17, 15) is 0 Å². The SMILES string of the molecule is CC1CCN(CCCc2ccc(C#Cc3ccc(-c4ccc(Cl)cc4)cn3)cn2)CC1. The van der Waals surface area contributed by atoms with Crippen molar-refractivity contribution >= 4 is 11.6 Å². The van der Waals surface area contributed by atoms with E-state index in [0.717, 1.165) is 51.9 Å². The summed E-state index contributed by atoms with van der Waals surface area (Å²) in [6, 6.07) is 15.9. The summed E-state index contributed by atoms with van der Waals surface area (Å²) in [6.45, 7) is 6.03. The number of piperidine rings is 1. The first-order valence-corrected chi connectivity index (χ1v) is 11.4. The van der Waals surface area contributed by atoms with Crippen molar-refractivity contribution in [1.29, 1.82) is 0 Å². The third-order valence-electron chi connectivity index (χ3n) is 5.88. The highest BCUT2D eigenvalue weighted by molar-refractivity contribution is 6.30. The van der Waals surface area contributed by atoms with Crippen LogP contribution in [0.25, 0.3) is 11.1 Å². The number of aromatic nitrogens is 2. The molecule has 0 atom stereocenters. The van der Waals surface area contributed by atoms with Gasteiger partial charge in [-0.3, -0.25) is 4.98 Å². The van der Waals surface area contributed by atoms with Crippen LogP contribution in [0.5, 0.6) is 0 Å². The van der Waals surface area contributed by atoms with Gasteiger partial charge in [0.15, 0.2) is 0 Å². The number of hydrogen-bond donors (Lipinski definition) is 0. The number of halogens is 1. The van der Waals surface area contributed by atoms with Crippen molar-refractivity contribution in [3.05, 3.63) is 82.9 Å². The van der Waals surface area contributed by atoms with Gasteiger partial charge in [-0.1, -0.05) is 42.6 Å². The maximum atomic E-state index is 5.95. The van der Waals surface area contributed by atoms with Crippen LogP contribution >= 0.6 is 11.6 Å². The second kappa shape index (κ2) is 10.6. The minimum absolute atomic E-state index is 0.732. The highest BCUT2D eigenvalue weighted by atomic mass is 35.5. The lowest BCUT2D eigenvalue weighted by molar-refractivity contribution is 0.190. The Kier molecular flexibility index (Phi) is 7.35. The average Bonchev–Trinajstić information content (AvgIpc) is 2.81. The highest BCUT2D eigenvalue weighted by Crippen LogP contribution is 2.21. The number of likely N-dealkylation sites (tertiary alicyclic amines) is 1. The van der Waals surface area contributed by atoms with E-state index in [1.807, 2.05) is 48.8 Å². The van der Waals surface area contributed by atoms with Crippen molar-refractivity contribution < 1.29 is 0 Å². The molecular weight excluding hydrogens is 402 g/mol. The topological polar surface area (TPSA) is 29.0 Å². The number of hydrogen-bond acceptors (Lipinski definition) is 3. The monoisotopic (exact) mass is 429 g/mol. The molecule has 0 amide bonds. The average molecular weight is 430 g/mol. The predicted molar refractivity (Wildman–Crippen MR) is 128 cm³/mol. The van der Waals surface area contributed by atoms with Crippen molar-refractivity contribution in [2.45, 2.75) is 32.6 Å². The van der Waals surface area contributed by atoms with Crippen molar-refractivity contribution in [2.24, 2.45) is 5.92 Å². The lowest BCUT2D eigenvalue weighted by atomic mass is 9.99. The second-order valence-corrected chi connectivity index (χ2v) is 8.79. The molecule has 1 saturated heterocycles. The number of rotatable bonds is 5. The molecule has 1 aliphatic heterocycles. The molecule has 1 aliphatic rings. The standard InChI is InChI=1S/C27H28ClN3/c1-21-14-17-31(18-15-21)16-2-3-26-11-4-22(19-29-26)5-12-27-13-8-24(20-30-27)23-6-9-25(28)10-7-23/h4,6-11,13,19-21H,2-3,14-18H2,1H3. The van der Waals surface area contributed by atoms with Crippen molar-refractivity contribution in [2.75, 3.05) is 19.6 Å². The van der Waals surface area contributed by atoms with Crippen molar-refractivity contribution in [3.8, 4) is 23.0 Å². The maximum absolute atomic E-state index is 5.95. The van der Waals surface area contributed by atoms with E-state index in [1.165, 1.54) is 32.5 Å². The third kappa shape index (κ3) is 6.40. The van der Waals surface area contributed by atoms with E-state index in [4.69, 9.17) is 11.6 Å². The number of pyridine rings is 2. The van der Waals surface area contributed by atoms with Gasteiger partial charge in [0.05, 0.1) is 0 Å². The van der Waals surface area contributed by atoms with E-state index in [1.54, 1.807) is 0 Å². The van der Waals surface area contributed by atoms with Crippen LogP contribution in [0.15, 0.2) is 60.9 Å². The van der Waals surface area contributed by atoms with Gasteiger partial charge < -0.3 is 4.90 Å². The second-order valence-electron chi connectivity index (χ2n) is 8.35. The Hall–Kier alpha value is -2.67. The minimum Gasteiger partial charge on any atom is -0.303 e. The van der Waals surface area contributed by atoms with E-state index < -0.39 is 0 Å². The first-order valence-electron chi connectivity index (χ1n) is 11.1. The molecule has 2 aromatic heterocycles. The summed E-state index contributed by atoms with van der Waals surface area (Å²) >= 11 is 5.95.